The number of carbonyl (C=O) groups is 1. The van der Waals surface area contributed by atoms with Gasteiger partial charge >= 0.3 is 0 Å². The fourth-order valence-corrected chi connectivity index (χ4v) is 5.27. The van der Waals surface area contributed by atoms with E-state index in [1.165, 1.54) is 30.0 Å². The molecule has 0 bridgehead atoms. The number of nitrogens with zero attached hydrogens (tertiary/aromatic N) is 2. The van der Waals surface area contributed by atoms with Crippen molar-refractivity contribution in [2.45, 2.75) is 26.1 Å². The zero-order valence-electron chi connectivity index (χ0n) is 25.3. The average molecular weight is 682 g/mol. The molecule has 0 saturated carbocycles. The molecule has 0 aliphatic carbocycles. The van der Waals surface area contributed by atoms with Gasteiger partial charge in [-0.1, -0.05) is 39.8 Å². The van der Waals surface area contributed by atoms with E-state index < -0.39 is 5.82 Å². The predicted octanol–water partition coefficient (Wildman–Crippen LogP) is 4.15. The van der Waals surface area contributed by atoms with E-state index in [1.54, 1.807) is 6.08 Å². The molecular weight excluding hydrogens is 634 g/mol. The van der Waals surface area contributed by atoms with Crippen LogP contribution in [-0.4, -0.2) is 86.2 Å². The molecule has 13 heteroatoms. The molecule has 0 spiro atoms. The number of benzene rings is 1. The van der Waals surface area contributed by atoms with Crippen molar-refractivity contribution < 1.29 is 31.7 Å². The first kappa shape index (κ1) is 42.8. The third-order valence-corrected chi connectivity index (χ3v) is 8.11. The van der Waals surface area contributed by atoms with E-state index in [1.807, 2.05) is 33.0 Å². The Labute approximate surface area is 274 Å². The summed E-state index contributed by atoms with van der Waals surface area (Å²) in [4.78, 5) is 14.7. The number of piperazine rings is 1. The number of rotatable bonds is 11. The number of thioether (sulfide) groups is 1. The Morgan fingerprint density at radius 1 is 1.26 bits per heavy atom. The minimum absolute atomic E-state index is 0. The molecule has 238 valence electrons. The summed E-state index contributed by atoms with van der Waals surface area (Å²) in [7, 11) is 4.67. The zero-order valence-corrected chi connectivity index (χ0v) is 29.2. The maximum atomic E-state index is 14.1. The Morgan fingerprint density at radius 2 is 1.93 bits per heavy atom. The van der Waals surface area contributed by atoms with Gasteiger partial charge in [-0.15, -0.1) is 11.8 Å². The number of aliphatic hydroxyl groups excluding tert-OH is 1. The molecule has 2 unspecified atom stereocenters. The van der Waals surface area contributed by atoms with Crippen molar-refractivity contribution in [1.29, 1.82) is 0 Å². The number of nitrogens with two attached hydrogens (primary N) is 2. The van der Waals surface area contributed by atoms with E-state index in [0.29, 0.717) is 36.5 Å². The second-order valence-electron chi connectivity index (χ2n) is 8.69. The molecular formula is C29H48ClCrFN6O2PS-. The molecule has 2 aliphatic heterocycles. The van der Waals surface area contributed by atoms with Crippen molar-refractivity contribution in [3.8, 4) is 0 Å². The van der Waals surface area contributed by atoms with Crippen LogP contribution in [0.4, 0.5) is 4.39 Å². The van der Waals surface area contributed by atoms with Crippen LogP contribution < -0.4 is 22.1 Å². The van der Waals surface area contributed by atoms with E-state index in [0.717, 1.165) is 44.7 Å². The number of halogens is 2. The molecule has 0 radical (unpaired) electrons. The van der Waals surface area contributed by atoms with E-state index in [-0.39, 0.29) is 48.4 Å². The molecule has 2 aliphatic rings. The third-order valence-electron chi connectivity index (χ3n) is 5.79. The molecule has 1 fully saturated rings. The summed E-state index contributed by atoms with van der Waals surface area (Å²) in [6.07, 6.45) is 7.27. The van der Waals surface area contributed by atoms with Crippen LogP contribution in [0, 0.1) is 13.2 Å². The molecule has 1 saturated heterocycles. The maximum Gasteiger partial charge on any atom is 0.132 e. The van der Waals surface area contributed by atoms with E-state index in [2.05, 4.69) is 33.3 Å². The second kappa shape index (κ2) is 25.0. The van der Waals surface area contributed by atoms with Gasteiger partial charge in [0.1, 0.15) is 12.1 Å². The molecule has 0 aromatic heterocycles. The fraction of sp³-hybridized carbons (Fsp3) is 0.448. The molecule has 0 amide bonds. The third kappa shape index (κ3) is 16.5. The van der Waals surface area contributed by atoms with Gasteiger partial charge in [-0.3, -0.25) is 0 Å². The first-order valence-electron chi connectivity index (χ1n) is 13.4. The topological polar surface area (TPSA) is 120 Å². The number of allylic oxidation sites excluding steroid dienone is 2. The summed E-state index contributed by atoms with van der Waals surface area (Å²) in [5.41, 5.74) is 14.1. The summed E-state index contributed by atoms with van der Waals surface area (Å²) in [5, 5.41) is 16.3. The number of aldehydes is 1. The van der Waals surface area contributed by atoms with Gasteiger partial charge in [0.25, 0.3) is 0 Å². The number of hydrogen-bond donors (Lipinski definition) is 5. The second-order valence-corrected chi connectivity index (χ2v) is 11.5. The number of aliphatic hydroxyl groups is 1. The van der Waals surface area contributed by atoms with Crippen LogP contribution in [0.3, 0.4) is 0 Å². The van der Waals surface area contributed by atoms with E-state index in [9.17, 15) is 9.18 Å². The number of carbonyl (C=O) groups excluding carboxylic acids is 1. The van der Waals surface area contributed by atoms with Crippen LogP contribution in [-0.2, 0) is 22.2 Å². The normalized spacial score (nSPS) is 18.1. The van der Waals surface area contributed by atoms with Crippen LogP contribution >= 0.6 is 31.9 Å². The molecule has 1 aromatic carbocycles. The van der Waals surface area contributed by atoms with Crippen molar-refractivity contribution >= 4 is 43.9 Å². The van der Waals surface area contributed by atoms with E-state index in [4.69, 9.17) is 28.2 Å². The zero-order chi connectivity index (χ0) is 29.9. The van der Waals surface area contributed by atoms with Gasteiger partial charge in [0.05, 0.1) is 17.3 Å². The van der Waals surface area contributed by atoms with Crippen molar-refractivity contribution in [3.05, 3.63) is 82.5 Å². The van der Waals surface area contributed by atoms with Gasteiger partial charge in [0.2, 0.25) is 0 Å². The van der Waals surface area contributed by atoms with Gasteiger partial charge in [0, 0.05) is 90.0 Å². The summed E-state index contributed by atoms with van der Waals surface area (Å²) in [6, 6.07) is 4.20. The number of likely N-dealkylation sites (N-methyl/N-ethyl adjacent to an activating group) is 2. The van der Waals surface area contributed by atoms with Gasteiger partial charge in [0.15, 0.2) is 0 Å². The first-order chi connectivity index (χ1) is 19.3. The van der Waals surface area contributed by atoms with Gasteiger partial charge < -0.3 is 49.2 Å². The molecule has 8 nitrogen and oxygen atoms in total. The Bertz CT molecular complexity index is 1040. The van der Waals surface area contributed by atoms with Gasteiger partial charge in [-0.05, 0) is 50.5 Å². The molecule has 1 aromatic rings. The SMILES string of the molecule is CC.CN1CCN(CCC=O)CC1.CNC1C=C(NC(/C=C(\N)c2cc(Cl)ccc2F)=C(/N)SCCO)C=CP1.[CH3-].[Cr]. The standard InChI is InChI=1S/C18H23ClFN4OPS.C8H16N2O.C2H6.CH3.Cr/c1-23-17-9-12(4-6-26-17)24-16(18(22)27-7-5-25)10-15(21)13-8-11(19)2-3-14(13)20;1-9-4-6-10(7-5-9)3-2-8-11;1-2;;/h2-4,6,8-10,17,23-26H,5,7,21-22H2,1H3;8H,2-7H2,1H3;1-2H3;1H3;/q;;;-1;/b15-10-,18-16-;;;;. The molecule has 7 N–H and O–H groups in total. The Morgan fingerprint density at radius 3 is 2.52 bits per heavy atom. The summed E-state index contributed by atoms with van der Waals surface area (Å²) in [5.74, 6) is 2.27. The van der Waals surface area contributed by atoms with Crippen molar-refractivity contribution in [2.75, 3.05) is 59.2 Å². The predicted molar refractivity (Wildman–Crippen MR) is 178 cm³/mol. The maximum absolute atomic E-state index is 14.1. The van der Waals surface area contributed by atoms with Crippen LogP contribution in [0.2, 0.25) is 5.02 Å². The molecule has 2 heterocycles. The smallest absolute Gasteiger partial charge is 0.132 e. The minimum atomic E-state index is -0.470. The Balaban J connectivity index is 0. The van der Waals surface area contributed by atoms with Gasteiger partial charge in [-0.2, -0.15) is 0 Å². The van der Waals surface area contributed by atoms with Crippen LogP contribution in [0.15, 0.2) is 58.7 Å². The molecule has 2 atom stereocenters. The van der Waals surface area contributed by atoms with Crippen LogP contribution in [0.25, 0.3) is 5.70 Å². The first-order valence-corrected chi connectivity index (χ1v) is 15.9. The summed E-state index contributed by atoms with van der Waals surface area (Å²) < 4.78 is 14.1. The quantitative estimate of drug-likeness (QED) is 0.102. The fourth-order valence-electron chi connectivity index (χ4n) is 3.59. The van der Waals surface area contributed by atoms with Crippen LogP contribution in [0.1, 0.15) is 25.8 Å². The average Bonchev–Trinajstić information content (AvgIpc) is 2.98. The molecule has 42 heavy (non-hydrogen) atoms. The Hall–Kier alpha value is -1.38. The van der Waals surface area contributed by atoms with E-state index >= 15 is 0 Å². The number of nitrogens with one attached hydrogen (secondary N) is 2. The largest absolute Gasteiger partial charge is 0.398 e. The van der Waals surface area contributed by atoms with Crippen molar-refractivity contribution in [2.24, 2.45) is 11.5 Å². The van der Waals surface area contributed by atoms with Crippen molar-refractivity contribution in [3.63, 3.8) is 0 Å². The molecule has 3 rings (SSSR count). The monoisotopic (exact) mass is 681 g/mol. The number of hydrogen-bond acceptors (Lipinski definition) is 9. The summed E-state index contributed by atoms with van der Waals surface area (Å²) in [6.45, 7) is 9.44. The summed E-state index contributed by atoms with van der Waals surface area (Å²) >= 11 is 7.24. The van der Waals surface area contributed by atoms with Crippen molar-refractivity contribution in [1.82, 2.24) is 20.4 Å². The van der Waals surface area contributed by atoms with Gasteiger partial charge in [-0.25, -0.2) is 4.39 Å². The Kier molecular flexibility index (Phi) is 25.4. The van der Waals surface area contributed by atoms with Crippen LogP contribution in [0.5, 0.6) is 0 Å². The minimum Gasteiger partial charge on any atom is -0.398 e.